The maximum absolute atomic E-state index is 12.7. The molecule has 2 rings (SSSR count). The lowest BCUT2D eigenvalue weighted by molar-refractivity contribution is 0.102. The first-order valence-corrected chi connectivity index (χ1v) is 10.1. The molecule has 0 bridgehead atoms. The number of amides is 1. The summed E-state index contributed by atoms with van der Waals surface area (Å²) in [5.41, 5.74) is 0.00831. The minimum atomic E-state index is -0.875. The third-order valence-corrected chi connectivity index (χ3v) is 4.73. The molecular weight excluding hydrogens is 410 g/mol. The summed E-state index contributed by atoms with van der Waals surface area (Å²) in [6.07, 6.45) is 8.95. The van der Waals surface area contributed by atoms with Gasteiger partial charge in [0, 0.05) is 18.2 Å². The summed E-state index contributed by atoms with van der Waals surface area (Å²) < 4.78 is 9.76. The summed E-state index contributed by atoms with van der Waals surface area (Å²) in [4.78, 5) is 36.0. The molecule has 0 saturated carbocycles. The monoisotopic (exact) mass is 437 g/mol. The smallest absolute Gasteiger partial charge is 0.410 e. The van der Waals surface area contributed by atoms with E-state index in [1.807, 2.05) is 43.3 Å². The molecule has 32 heavy (non-hydrogen) atoms. The number of aromatic hydroxyl groups is 1. The molecule has 1 atom stereocenters. The Morgan fingerprint density at radius 3 is 2.62 bits per heavy atom. The van der Waals surface area contributed by atoms with Crippen LogP contribution < -0.4 is 10.9 Å². The van der Waals surface area contributed by atoms with Gasteiger partial charge in [0.1, 0.15) is 17.1 Å². The molecule has 168 valence electrons. The van der Waals surface area contributed by atoms with Crippen molar-refractivity contribution in [1.29, 1.82) is 0 Å². The third kappa shape index (κ3) is 7.12. The van der Waals surface area contributed by atoms with Crippen LogP contribution in [0, 0.1) is 0 Å². The van der Waals surface area contributed by atoms with Crippen LogP contribution in [0.1, 0.15) is 54.3 Å². The van der Waals surface area contributed by atoms with Gasteiger partial charge in [-0.25, -0.2) is 9.59 Å². The summed E-state index contributed by atoms with van der Waals surface area (Å²) >= 11 is 0. The lowest BCUT2D eigenvalue weighted by atomic mass is 10.00. The minimum Gasteiger partial charge on any atom is -0.507 e. The number of nitrogens with one attached hydrogen (secondary N) is 1. The van der Waals surface area contributed by atoms with E-state index < -0.39 is 23.3 Å². The Bertz CT molecular complexity index is 1080. The van der Waals surface area contributed by atoms with Gasteiger partial charge in [-0.2, -0.15) is 0 Å². The lowest BCUT2D eigenvalue weighted by Crippen LogP contribution is -2.16. The Morgan fingerprint density at radius 1 is 1.25 bits per heavy atom. The van der Waals surface area contributed by atoms with E-state index in [0.717, 1.165) is 5.56 Å². The SMILES string of the molecule is COC(=O)N/C=C/CC[C@@H](C)c1cc(O)c(C(=O)/C(C)=C/C=C/c2ccccc2)c(=O)o1. The van der Waals surface area contributed by atoms with Crippen LogP contribution in [-0.4, -0.2) is 24.1 Å². The van der Waals surface area contributed by atoms with Crippen LogP contribution >= 0.6 is 0 Å². The van der Waals surface area contributed by atoms with Crippen LogP contribution in [0.5, 0.6) is 5.75 Å². The summed E-state index contributed by atoms with van der Waals surface area (Å²) in [5, 5.41) is 12.8. The number of carbonyl (C=O) groups is 2. The van der Waals surface area contributed by atoms with Crippen molar-refractivity contribution in [2.75, 3.05) is 7.11 Å². The molecule has 1 amide bonds. The number of ketones is 1. The van der Waals surface area contributed by atoms with E-state index in [-0.39, 0.29) is 17.2 Å². The summed E-state index contributed by atoms with van der Waals surface area (Å²) in [5.74, 6) is -0.907. The van der Waals surface area contributed by atoms with Crippen molar-refractivity contribution in [3.8, 4) is 5.75 Å². The van der Waals surface area contributed by atoms with E-state index in [2.05, 4.69) is 10.1 Å². The molecule has 0 aliphatic heterocycles. The molecule has 1 aromatic carbocycles. The average molecular weight is 437 g/mol. The van der Waals surface area contributed by atoms with Gasteiger partial charge in [0.2, 0.25) is 0 Å². The number of hydrogen-bond donors (Lipinski definition) is 2. The van der Waals surface area contributed by atoms with E-state index in [1.54, 1.807) is 25.2 Å². The second-order valence-corrected chi connectivity index (χ2v) is 7.16. The van der Waals surface area contributed by atoms with E-state index in [1.165, 1.54) is 19.4 Å². The topological polar surface area (TPSA) is 106 Å². The van der Waals surface area contributed by atoms with Crippen molar-refractivity contribution in [2.24, 2.45) is 0 Å². The first kappa shape index (κ1) is 24.4. The summed E-state index contributed by atoms with van der Waals surface area (Å²) in [7, 11) is 1.27. The van der Waals surface area contributed by atoms with Crippen LogP contribution in [0.4, 0.5) is 4.79 Å². The fourth-order valence-electron chi connectivity index (χ4n) is 2.85. The molecule has 0 unspecified atom stereocenters. The highest BCUT2D eigenvalue weighted by Gasteiger charge is 2.21. The number of carbonyl (C=O) groups excluding carboxylic acids is 2. The molecular formula is C25H27NO6. The zero-order chi connectivity index (χ0) is 23.5. The van der Waals surface area contributed by atoms with Gasteiger partial charge in [-0.1, -0.05) is 61.6 Å². The van der Waals surface area contributed by atoms with Crippen LogP contribution in [0.15, 0.2) is 75.6 Å². The highest BCUT2D eigenvalue weighted by atomic mass is 16.5. The molecule has 7 heteroatoms. The first-order valence-electron chi connectivity index (χ1n) is 10.1. The largest absolute Gasteiger partial charge is 0.507 e. The van der Waals surface area contributed by atoms with Gasteiger partial charge in [-0.05, 0) is 30.9 Å². The van der Waals surface area contributed by atoms with Crippen LogP contribution in [0.25, 0.3) is 6.08 Å². The average Bonchev–Trinajstić information content (AvgIpc) is 2.78. The lowest BCUT2D eigenvalue weighted by Gasteiger charge is -2.11. The van der Waals surface area contributed by atoms with Crippen molar-refractivity contribution >= 4 is 18.0 Å². The number of rotatable bonds is 9. The molecule has 1 heterocycles. The zero-order valence-electron chi connectivity index (χ0n) is 18.3. The molecule has 0 aliphatic rings. The second kappa shape index (κ2) is 12.1. The van der Waals surface area contributed by atoms with Gasteiger partial charge >= 0.3 is 11.7 Å². The highest BCUT2D eigenvalue weighted by molar-refractivity contribution is 6.09. The first-order chi connectivity index (χ1) is 15.3. The van der Waals surface area contributed by atoms with Crippen molar-refractivity contribution in [3.05, 3.63) is 93.7 Å². The van der Waals surface area contributed by atoms with Crippen molar-refractivity contribution in [1.82, 2.24) is 5.32 Å². The number of allylic oxidation sites excluding steroid dienone is 4. The Morgan fingerprint density at radius 2 is 1.97 bits per heavy atom. The van der Waals surface area contributed by atoms with Gasteiger partial charge in [0.05, 0.1) is 7.11 Å². The molecule has 2 N–H and O–H groups in total. The normalized spacial score (nSPS) is 12.8. The number of Topliss-reactive ketones (excluding diaryl/α,β-unsaturated/α-hetero) is 1. The van der Waals surface area contributed by atoms with E-state index >= 15 is 0 Å². The standard InChI is InChI=1S/C25H27NO6/c1-17(10-7-8-15-26-25(30)31-3)21-16-20(27)22(24(29)32-21)23(28)18(2)11-9-14-19-12-5-4-6-13-19/h4-6,8-9,11-17,27H,7,10H2,1-3H3,(H,26,30)/b14-9+,15-8+,18-11+/t17-/m1/s1. The van der Waals surface area contributed by atoms with E-state index in [0.29, 0.717) is 18.4 Å². The van der Waals surface area contributed by atoms with Crippen molar-refractivity contribution < 1.29 is 23.8 Å². The predicted molar refractivity (Wildman–Crippen MR) is 123 cm³/mol. The second-order valence-electron chi connectivity index (χ2n) is 7.16. The summed E-state index contributed by atoms with van der Waals surface area (Å²) in [6.45, 7) is 3.40. The minimum absolute atomic E-state index is 0.189. The zero-order valence-corrected chi connectivity index (χ0v) is 18.3. The maximum atomic E-state index is 12.7. The maximum Gasteiger partial charge on any atom is 0.410 e. The highest BCUT2D eigenvalue weighted by Crippen LogP contribution is 2.25. The van der Waals surface area contributed by atoms with Gasteiger partial charge in [-0.15, -0.1) is 0 Å². The molecule has 0 saturated heterocycles. The van der Waals surface area contributed by atoms with Gasteiger partial charge < -0.3 is 14.3 Å². The molecule has 0 spiro atoms. The van der Waals surface area contributed by atoms with E-state index in [4.69, 9.17) is 4.42 Å². The number of benzene rings is 1. The Balaban J connectivity index is 2.06. The third-order valence-electron chi connectivity index (χ3n) is 4.73. The fraction of sp³-hybridized carbons (Fsp3) is 0.240. The quantitative estimate of drug-likeness (QED) is 0.327. The molecule has 0 radical (unpaired) electrons. The number of methoxy groups -OCH3 is 1. The Kier molecular flexibility index (Phi) is 9.22. The number of ether oxygens (including phenoxy) is 1. The van der Waals surface area contributed by atoms with Crippen LogP contribution in [-0.2, 0) is 4.74 Å². The van der Waals surface area contributed by atoms with E-state index in [9.17, 15) is 19.5 Å². The van der Waals surface area contributed by atoms with Crippen molar-refractivity contribution in [3.63, 3.8) is 0 Å². The molecule has 0 fully saturated rings. The fourth-order valence-corrected chi connectivity index (χ4v) is 2.85. The van der Waals surface area contributed by atoms with Gasteiger partial charge in [0.25, 0.3) is 0 Å². The van der Waals surface area contributed by atoms with Crippen LogP contribution in [0.2, 0.25) is 0 Å². The molecule has 7 nitrogen and oxygen atoms in total. The molecule has 1 aromatic heterocycles. The van der Waals surface area contributed by atoms with Gasteiger partial charge in [-0.3, -0.25) is 10.1 Å². The Labute approximate surface area is 186 Å². The summed E-state index contributed by atoms with van der Waals surface area (Å²) in [6, 6.07) is 10.9. The molecule has 2 aromatic rings. The van der Waals surface area contributed by atoms with Crippen molar-refractivity contribution in [2.45, 2.75) is 32.6 Å². The van der Waals surface area contributed by atoms with Gasteiger partial charge in [0.15, 0.2) is 5.78 Å². The number of alkyl carbamates (subject to hydrolysis) is 1. The number of hydrogen-bond acceptors (Lipinski definition) is 6. The predicted octanol–water partition coefficient (Wildman–Crippen LogP) is 4.94. The van der Waals surface area contributed by atoms with Crippen LogP contribution in [0.3, 0.4) is 0 Å². The molecule has 0 aliphatic carbocycles. The Hall–Kier alpha value is -3.87.